The summed E-state index contributed by atoms with van der Waals surface area (Å²) in [4.78, 5) is 26.3. The van der Waals surface area contributed by atoms with E-state index in [0.717, 1.165) is 22.8 Å². The van der Waals surface area contributed by atoms with E-state index in [0.29, 0.717) is 17.4 Å². The lowest BCUT2D eigenvalue weighted by atomic mass is 10.3. The van der Waals surface area contributed by atoms with Crippen molar-refractivity contribution in [3.8, 4) is 0 Å². The number of hydrogen-bond donors (Lipinski definition) is 0. The van der Waals surface area contributed by atoms with Crippen molar-refractivity contribution in [3.63, 3.8) is 0 Å². The van der Waals surface area contributed by atoms with E-state index in [1.165, 1.54) is 24.6 Å². The number of pyridine rings is 1. The van der Waals surface area contributed by atoms with Gasteiger partial charge in [-0.2, -0.15) is 0 Å². The van der Waals surface area contributed by atoms with Gasteiger partial charge in [0.05, 0.1) is 18.6 Å². The fraction of sp³-hybridized carbons (Fsp3) is 0.333. The van der Waals surface area contributed by atoms with Crippen LogP contribution in [0.15, 0.2) is 45.5 Å². The maximum atomic E-state index is 12.6. The van der Waals surface area contributed by atoms with Gasteiger partial charge in [-0.1, -0.05) is 11.8 Å². The Balaban J connectivity index is 1.68. The van der Waals surface area contributed by atoms with E-state index < -0.39 is 0 Å². The van der Waals surface area contributed by atoms with Gasteiger partial charge < -0.3 is 0 Å². The molecule has 0 bridgehead atoms. The fourth-order valence-corrected chi connectivity index (χ4v) is 3.34. The summed E-state index contributed by atoms with van der Waals surface area (Å²) in [6, 6.07) is 3.84. The van der Waals surface area contributed by atoms with E-state index in [-0.39, 0.29) is 5.56 Å². The van der Waals surface area contributed by atoms with E-state index in [4.69, 9.17) is 0 Å². The van der Waals surface area contributed by atoms with Crippen molar-refractivity contribution in [2.75, 3.05) is 0 Å². The van der Waals surface area contributed by atoms with Crippen molar-refractivity contribution < 1.29 is 0 Å². The van der Waals surface area contributed by atoms with Gasteiger partial charge in [0, 0.05) is 24.5 Å². The fourth-order valence-electron chi connectivity index (χ4n) is 2.34. The highest BCUT2D eigenvalue weighted by Crippen LogP contribution is 2.31. The second-order valence-electron chi connectivity index (χ2n) is 5.39. The molecule has 5 nitrogen and oxygen atoms in total. The second-order valence-corrected chi connectivity index (χ2v) is 6.39. The van der Waals surface area contributed by atoms with Crippen LogP contribution in [0.4, 0.5) is 0 Å². The van der Waals surface area contributed by atoms with Crippen LogP contribution >= 0.6 is 11.8 Å². The van der Waals surface area contributed by atoms with Crippen molar-refractivity contribution in [2.45, 2.75) is 30.8 Å². The minimum absolute atomic E-state index is 0.0631. The Labute approximate surface area is 126 Å². The van der Waals surface area contributed by atoms with Crippen LogP contribution in [0.1, 0.15) is 24.1 Å². The largest absolute Gasteiger partial charge is 0.298 e. The van der Waals surface area contributed by atoms with Gasteiger partial charge in [0.2, 0.25) is 0 Å². The Morgan fingerprint density at radius 1 is 1.38 bits per heavy atom. The zero-order chi connectivity index (χ0) is 14.2. The normalized spacial score (nSPS) is 17.2. The Kier molecular flexibility index (Phi) is 3.11. The molecular weight excluding hydrogens is 284 g/mol. The monoisotopic (exact) mass is 298 g/mol. The molecule has 0 aromatic carbocycles. The highest BCUT2D eigenvalue weighted by molar-refractivity contribution is 8.14. The van der Waals surface area contributed by atoms with Gasteiger partial charge in [0.15, 0.2) is 0 Å². The molecule has 1 saturated carbocycles. The first-order valence-electron chi connectivity index (χ1n) is 7.02. The average Bonchev–Trinajstić information content (AvgIpc) is 3.35. The number of aromatic nitrogens is 3. The lowest BCUT2D eigenvalue weighted by Crippen LogP contribution is -2.26. The molecule has 0 N–H and O–H groups in total. The maximum absolute atomic E-state index is 12.6. The zero-order valence-electron chi connectivity index (χ0n) is 11.4. The Bertz CT molecular complexity index is 765. The van der Waals surface area contributed by atoms with Gasteiger partial charge in [0.25, 0.3) is 5.56 Å². The summed E-state index contributed by atoms with van der Waals surface area (Å²) in [5, 5.41) is 0.846. The first-order chi connectivity index (χ1) is 10.3. The third kappa shape index (κ3) is 2.51. The van der Waals surface area contributed by atoms with E-state index in [2.05, 4.69) is 15.0 Å². The van der Waals surface area contributed by atoms with Crippen molar-refractivity contribution >= 4 is 16.8 Å². The first kappa shape index (κ1) is 12.8. The van der Waals surface area contributed by atoms with E-state index in [1.807, 2.05) is 12.1 Å². The third-order valence-electron chi connectivity index (χ3n) is 3.70. The van der Waals surface area contributed by atoms with Crippen LogP contribution in [0, 0.1) is 5.92 Å². The van der Waals surface area contributed by atoms with Crippen LogP contribution in [-0.4, -0.2) is 19.6 Å². The number of rotatable bonds is 3. The molecule has 106 valence electrons. The molecule has 0 unspecified atom stereocenters. The third-order valence-corrected chi connectivity index (χ3v) is 4.87. The number of fused-ring (bicyclic) bond motifs is 1. The molecule has 21 heavy (non-hydrogen) atoms. The quantitative estimate of drug-likeness (QED) is 0.870. The van der Waals surface area contributed by atoms with E-state index >= 15 is 0 Å². The number of thioether (sulfide) groups is 1. The van der Waals surface area contributed by atoms with Crippen LogP contribution in [0.5, 0.6) is 0 Å². The van der Waals surface area contributed by atoms with Gasteiger partial charge in [-0.3, -0.25) is 19.3 Å². The van der Waals surface area contributed by atoms with Gasteiger partial charge >= 0.3 is 0 Å². The molecule has 2 aliphatic rings. The second kappa shape index (κ2) is 5.11. The Morgan fingerprint density at radius 2 is 2.29 bits per heavy atom. The molecule has 0 saturated heterocycles. The van der Waals surface area contributed by atoms with Crippen LogP contribution in [0.3, 0.4) is 0 Å². The molecule has 1 aliphatic heterocycles. The average molecular weight is 298 g/mol. The summed E-state index contributed by atoms with van der Waals surface area (Å²) in [6.07, 6.45) is 7.62. The first-order valence-corrected chi connectivity index (χ1v) is 7.84. The minimum Gasteiger partial charge on any atom is -0.298 e. The molecule has 1 aliphatic carbocycles. The summed E-state index contributed by atoms with van der Waals surface area (Å²) in [6.45, 7) is 1.26. The van der Waals surface area contributed by atoms with E-state index in [1.54, 1.807) is 23.3 Å². The Hall–Kier alpha value is -1.95. The smallest absolute Gasteiger partial charge is 0.267 e. The number of nitrogens with zero attached hydrogens (tertiary/aromatic N) is 4. The summed E-state index contributed by atoms with van der Waals surface area (Å²) in [5.74, 6) is 0.655. The highest BCUT2D eigenvalue weighted by Gasteiger charge is 2.25. The molecule has 2 aromatic heterocycles. The Morgan fingerprint density at radius 3 is 3.05 bits per heavy atom. The van der Waals surface area contributed by atoms with Gasteiger partial charge in [-0.15, -0.1) is 0 Å². The van der Waals surface area contributed by atoms with Crippen molar-refractivity contribution in [3.05, 3.63) is 52.5 Å². The molecule has 0 spiro atoms. The summed E-state index contributed by atoms with van der Waals surface area (Å²) >= 11 is 1.41. The molecule has 0 amide bonds. The predicted octanol–water partition coefficient (Wildman–Crippen LogP) is 2.10. The number of aliphatic imine (C=N–C) groups is 1. The van der Waals surface area contributed by atoms with Gasteiger partial charge in [-0.05, 0) is 30.9 Å². The maximum Gasteiger partial charge on any atom is 0.267 e. The molecule has 1 fully saturated rings. The topological polar surface area (TPSA) is 60.1 Å². The summed E-state index contributed by atoms with van der Waals surface area (Å²) in [7, 11) is 0. The highest BCUT2D eigenvalue weighted by atomic mass is 32.2. The van der Waals surface area contributed by atoms with Crippen LogP contribution < -0.4 is 5.56 Å². The standard InChI is InChI=1S/C15H14N4OS/c20-15-13-12(18-9-19(15)8-10-3-4-10)7-17-14(21-13)11-2-1-5-16-6-11/h1-2,5-6,9-10H,3-4,7-8H2. The SMILES string of the molecule is O=c1c2c(ncn1CC1CC1)CN=C(c1cccnc1)S2. The van der Waals surface area contributed by atoms with Crippen LogP contribution in [0.25, 0.3) is 0 Å². The molecule has 6 heteroatoms. The lowest BCUT2D eigenvalue weighted by Gasteiger charge is -2.15. The number of hydrogen-bond acceptors (Lipinski definition) is 5. The summed E-state index contributed by atoms with van der Waals surface area (Å²) in [5.41, 5.74) is 1.79. The van der Waals surface area contributed by atoms with E-state index in [9.17, 15) is 4.79 Å². The lowest BCUT2D eigenvalue weighted by molar-refractivity contribution is 0.580. The predicted molar refractivity (Wildman–Crippen MR) is 81.6 cm³/mol. The zero-order valence-corrected chi connectivity index (χ0v) is 12.2. The van der Waals surface area contributed by atoms with Crippen molar-refractivity contribution in [2.24, 2.45) is 10.9 Å². The molecule has 4 rings (SSSR count). The minimum atomic E-state index is 0.0631. The van der Waals surface area contributed by atoms with Crippen molar-refractivity contribution in [1.29, 1.82) is 0 Å². The van der Waals surface area contributed by atoms with Gasteiger partial charge in [-0.25, -0.2) is 4.98 Å². The van der Waals surface area contributed by atoms with Gasteiger partial charge in [0.1, 0.15) is 9.94 Å². The molecule has 2 aromatic rings. The van der Waals surface area contributed by atoms with Crippen LogP contribution in [-0.2, 0) is 13.1 Å². The molecule has 0 radical (unpaired) electrons. The summed E-state index contributed by atoms with van der Waals surface area (Å²) < 4.78 is 1.75. The van der Waals surface area contributed by atoms with Crippen LogP contribution in [0.2, 0.25) is 0 Å². The molecule has 3 heterocycles. The van der Waals surface area contributed by atoms with Crippen molar-refractivity contribution in [1.82, 2.24) is 14.5 Å². The molecule has 0 atom stereocenters. The molecular formula is C15H14N4OS.